The molecule has 4 heteroatoms. The Kier molecular flexibility index (Phi) is 3.57. The number of benzene rings is 1. The Bertz CT molecular complexity index is 532. The van der Waals surface area contributed by atoms with Gasteiger partial charge in [0.2, 0.25) is 0 Å². The fourth-order valence-corrected chi connectivity index (χ4v) is 1.64. The summed E-state index contributed by atoms with van der Waals surface area (Å²) < 4.78 is 5.09. The second-order valence-electron chi connectivity index (χ2n) is 3.84. The molecule has 0 aliphatic carbocycles. The number of pyridine rings is 1. The third-order valence-electron chi connectivity index (χ3n) is 2.58. The molecule has 0 radical (unpaired) electrons. The summed E-state index contributed by atoms with van der Waals surface area (Å²) in [5.74, 6) is -0.0751. The van der Waals surface area contributed by atoms with Crippen LogP contribution in [0, 0.1) is 0 Å². The SMILES string of the molecule is COc1ccc(-c2ccc(CC(=O)O)nc2)cc1. The van der Waals surface area contributed by atoms with Gasteiger partial charge >= 0.3 is 5.97 Å². The van der Waals surface area contributed by atoms with Gasteiger partial charge in [0, 0.05) is 11.8 Å². The van der Waals surface area contributed by atoms with Gasteiger partial charge in [0.25, 0.3) is 0 Å². The highest BCUT2D eigenvalue weighted by atomic mass is 16.5. The minimum Gasteiger partial charge on any atom is -0.497 e. The van der Waals surface area contributed by atoms with Crippen molar-refractivity contribution >= 4 is 5.97 Å². The number of carboxylic acid groups (broad SMARTS) is 1. The normalized spacial score (nSPS) is 10.1. The number of aromatic nitrogens is 1. The number of hydrogen-bond donors (Lipinski definition) is 1. The van der Waals surface area contributed by atoms with Gasteiger partial charge in [-0.1, -0.05) is 18.2 Å². The van der Waals surface area contributed by atoms with Gasteiger partial charge in [-0.15, -0.1) is 0 Å². The summed E-state index contributed by atoms with van der Waals surface area (Å²) in [5, 5.41) is 8.66. The van der Waals surface area contributed by atoms with E-state index in [0.717, 1.165) is 16.9 Å². The highest BCUT2D eigenvalue weighted by Crippen LogP contribution is 2.21. The highest BCUT2D eigenvalue weighted by molar-refractivity contribution is 5.70. The first-order valence-electron chi connectivity index (χ1n) is 5.50. The lowest BCUT2D eigenvalue weighted by atomic mass is 10.1. The van der Waals surface area contributed by atoms with Gasteiger partial charge in [-0.2, -0.15) is 0 Å². The fourth-order valence-electron chi connectivity index (χ4n) is 1.64. The molecule has 0 fully saturated rings. The zero-order valence-electron chi connectivity index (χ0n) is 9.96. The zero-order chi connectivity index (χ0) is 13.0. The number of aliphatic carboxylic acids is 1. The summed E-state index contributed by atoms with van der Waals surface area (Å²) in [4.78, 5) is 14.7. The second kappa shape index (κ2) is 5.31. The van der Waals surface area contributed by atoms with E-state index in [2.05, 4.69) is 4.98 Å². The van der Waals surface area contributed by atoms with Gasteiger partial charge in [0.05, 0.1) is 19.2 Å². The predicted octanol–water partition coefficient (Wildman–Crippen LogP) is 2.38. The van der Waals surface area contributed by atoms with E-state index in [4.69, 9.17) is 9.84 Å². The van der Waals surface area contributed by atoms with Crippen LogP contribution in [0.4, 0.5) is 0 Å². The molecule has 0 saturated heterocycles. The van der Waals surface area contributed by atoms with Crippen LogP contribution in [0.15, 0.2) is 42.6 Å². The molecule has 1 heterocycles. The standard InChI is InChI=1S/C14H13NO3/c1-18-13-6-3-10(4-7-13)11-2-5-12(15-9-11)8-14(16)17/h2-7,9H,8H2,1H3,(H,16,17). The Morgan fingerprint density at radius 3 is 2.33 bits per heavy atom. The zero-order valence-corrected chi connectivity index (χ0v) is 9.96. The van der Waals surface area contributed by atoms with E-state index in [-0.39, 0.29) is 6.42 Å². The summed E-state index contributed by atoms with van der Waals surface area (Å²) in [5.41, 5.74) is 2.52. The van der Waals surface area contributed by atoms with Crippen molar-refractivity contribution in [1.82, 2.24) is 4.98 Å². The van der Waals surface area contributed by atoms with Crippen LogP contribution in [0.25, 0.3) is 11.1 Å². The highest BCUT2D eigenvalue weighted by Gasteiger charge is 2.03. The number of rotatable bonds is 4. The molecule has 4 nitrogen and oxygen atoms in total. The summed E-state index contributed by atoms with van der Waals surface area (Å²) in [6, 6.07) is 11.2. The van der Waals surface area contributed by atoms with Crippen molar-refractivity contribution in [2.45, 2.75) is 6.42 Å². The predicted molar refractivity (Wildman–Crippen MR) is 67.6 cm³/mol. The van der Waals surface area contributed by atoms with E-state index in [0.29, 0.717) is 5.69 Å². The summed E-state index contributed by atoms with van der Waals surface area (Å²) in [6.07, 6.45) is 1.63. The maximum absolute atomic E-state index is 10.5. The molecular formula is C14H13NO3. The van der Waals surface area contributed by atoms with Gasteiger partial charge in [0.15, 0.2) is 0 Å². The molecule has 0 saturated carbocycles. The number of nitrogens with zero attached hydrogens (tertiary/aromatic N) is 1. The third-order valence-corrected chi connectivity index (χ3v) is 2.58. The third kappa shape index (κ3) is 2.85. The van der Waals surface area contributed by atoms with Crippen LogP contribution < -0.4 is 4.74 Å². The van der Waals surface area contributed by atoms with E-state index in [9.17, 15) is 4.79 Å². The number of hydrogen-bond acceptors (Lipinski definition) is 3. The van der Waals surface area contributed by atoms with E-state index >= 15 is 0 Å². The molecule has 0 amide bonds. The molecule has 0 bridgehead atoms. The molecule has 0 aliphatic heterocycles. The van der Waals surface area contributed by atoms with Crippen LogP contribution in [0.2, 0.25) is 0 Å². The first kappa shape index (κ1) is 12.1. The number of methoxy groups -OCH3 is 1. The average Bonchev–Trinajstić information content (AvgIpc) is 2.39. The van der Waals surface area contributed by atoms with Crippen LogP contribution >= 0.6 is 0 Å². The Hall–Kier alpha value is -2.36. The van der Waals surface area contributed by atoms with E-state index < -0.39 is 5.97 Å². The van der Waals surface area contributed by atoms with Crippen molar-refractivity contribution in [3.63, 3.8) is 0 Å². The molecular weight excluding hydrogens is 230 g/mol. The molecule has 18 heavy (non-hydrogen) atoms. The summed E-state index contributed by atoms with van der Waals surface area (Å²) >= 11 is 0. The maximum atomic E-state index is 10.5. The monoisotopic (exact) mass is 243 g/mol. The van der Waals surface area contributed by atoms with Crippen molar-refractivity contribution in [2.75, 3.05) is 7.11 Å². The summed E-state index contributed by atoms with van der Waals surface area (Å²) in [7, 11) is 1.62. The molecule has 0 aliphatic rings. The topological polar surface area (TPSA) is 59.4 Å². The van der Waals surface area contributed by atoms with Gasteiger partial charge in [-0.05, 0) is 23.8 Å². The van der Waals surface area contributed by atoms with Crippen molar-refractivity contribution in [2.24, 2.45) is 0 Å². The van der Waals surface area contributed by atoms with Crippen molar-refractivity contribution in [1.29, 1.82) is 0 Å². The molecule has 1 aromatic carbocycles. The van der Waals surface area contributed by atoms with Crippen molar-refractivity contribution < 1.29 is 14.6 Å². The number of carbonyl (C=O) groups is 1. The van der Waals surface area contributed by atoms with Crippen LogP contribution in [0.1, 0.15) is 5.69 Å². The van der Waals surface area contributed by atoms with Crippen molar-refractivity contribution in [3.05, 3.63) is 48.3 Å². The van der Waals surface area contributed by atoms with Gasteiger partial charge < -0.3 is 9.84 Å². The maximum Gasteiger partial charge on any atom is 0.309 e. The van der Waals surface area contributed by atoms with Gasteiger partial charge in [-0.3, -0.25) is 9.78 Å². The van der Waals surface area contributed by atoms with Crippen molar-refractivity contribution in [3.8, 4) is 16.9 Å². The first-order chi connectivity index (χ1) is 8.69. The van der Waals surface area contributed by atoms with E-state index in [1.54, 1.807) is 19.4 Å². The Balaban J connectivity index is 2.20. The number of ether oxygens (including phenoxy) is 1. The van der Waals surface area contributed by atoms with Crippen LogP contribution in [0.3, 0.4) is 0 Å². The minimum absolute atomic E-state index is 0.0527. The largest absolute Gasteiger partial charge is 0.497 e. The lowest BCUT2D eigenvalue weighted by molar-refractivity contribution is -0.136. The minimum atomic E-state index is -0.875. The Morgan fingerprint density at radius 2 is 1.83 bits per heavy atom. The first-order valence-corrected chi connectivity index (χ1v) is 5.50. The fraction of sp³-hybridized carbons (Fsp3) is 0.143. The van der Waals surface area contributed by atoms with Crippen LogP contribution in [0.5, 0.6) is 5.75 Å². The molecule has 0 unspecified atom stereocenters. The van der Waals surface area contributed by atoms with E-state index in [1.165, 1.54) is 0 Å². The quantitative estimate of drug-likeness (QED) is 0.895. The second-order valence-corrected chi connectivity index (χ2v) is 3.84. The molecule has 1 aromatic heterocycles. The Morgan fingerprint density at radius 1 is 1.17 bits per heavy atom. The lowest BCUT2D eigenvalue weighted by Gasteiger charge is -2.04. The van der Waals surface area contributed by atoms with E-state index in [1.807, 2.05) is 30.3 Å². The molecule has 92 valence electrons. The molecule has 0 atom stereocenters. The summed E-state index contributed by atoms with van der Waals surface area (Å²) in [6.45, 7) is 0. The van der Waals surface area contributed by atoms with Crippen LogP contribution in [-0.4, -0.2) is 23.2 Å². The average molecular weight is 243 g/mol. The molecule has 2 aromatic rings. The number of carboxylic acids is 1. The van der Waals surface area contributed by atoms with Gasteiger partial charge in [-0.25, -0.2) is 0 Å². The smallest absolute Gasteiger partial charge is 0.309 e. The Labute approximate surface area is 105 Å². The van der Waals surface area contributed by atoms with Gasteiger partial charge in [0.1, 0.15) is 5.75 Å². The molecule has 0 spiro atoms. The molecule has 2 rings (SSSR count). The lowest BCUT2D eigenvalue weighted by Crippen LogP contribution is -2.01. The molecule has 1 N–H and O–H groups in total. The van der Waals surface area contributed by atoms with Crippen LogP contribution in [-0.2, 0) is 11.2 Å².